The number of aromatic nitrogens is 4. The summed E-state index contributed by atoms with van der Waals surface area (Å²) in [5, 5.41) is 5.70. The van der Waals surface area contributed by atoms with E-state index in [0.29, 0.717) is 35.9 Å². The van der Waals surface area contributed by atoms with E-state index >= 15 is 0 Å². The molecule has 0 aliphatic heterocycles. The Bertz CT molecular complexity index is 1440. The molecule has 0 saturated carbocycles. The van der Waals surface area contributed by atoms with E-state index in [4.69, 9.17) is 16.6 Å². The van der Waals surface area contributed by atoms with Crippen LogP contribution >= 0.6 is 11.6 Å². The van der Waals surface area contributed by atoms with Crippen LogP contribution in [0.15, 0.2) is 24.4 Å². The molecule has 11 nitrogen and oxygen atoms in total. The van der Waals surface area contributed by atoms with E-state index in [2.05, 4.69) is 35.0 Å². The van der Waals surface area contributed by atoms with Crippen molar-refractivity contribution in [3.05, 3.63) is 41.1 Å². The second-order valence-electron chi connectivity index (χ2n) is 9.98. The van der Waals surface area contributed by atoms with Gasteiger partial charge in [0.15, 0.2) is 0 Å². The summed E-state index contributed by atoms with van der Waals surface area (Å²) >= 11 is 6.64. The summed E-state index contributed by atoms with van der Waals surface area (Å²) in [6.07, 6.45) is 1.37. The SMILES string of the molecule is CCCS(=O)(=O)Nc1cc(F)cc(-c2nc(C(C)(C)C)[nH]c2-c2ccnc(NC[C@H](C)NC(=O)OC)n2)c1Cl. The van der Waals surface area contributed by atoms with Crippen molar-refractivity contribution in [2.24, 2.45) is 0 Å². The summed E-state index contributed by atoms with van der Waals surface area (Å²) in [6, 6.07) is 3.61. The summed E-state index contributed by atoms with van der Waals surface area (Å²) in [6.45, 7) is 9.70. The van der Waals surface area contributed by atoms with Crippen LogP contribution < -0.4 is 15.4 Å². The lowest BCUT2D eigenvalue weighted by Gasteiger charge is -2.14. The molecule has 3 aromatic rings. The minimum absolute atomic E-state index is 0.000554. The van der Waals surface area contributed by atoms with Gasteiger partial charge in [0.2, 0.25) is 16.0 Å². The molecule has 0 saturated heterocycles. The van der Waals surface area contributed by atoms with Crippen molar-refractivity contribution >= 4 is 39.4 Å². The molecule has 2 aromatic heterocycles. The predicted octanol–water partition coefficient (Wildman–Crippen LogP) is 4.93. The van der Waals surface area contributed by atoms with Crippen LogP contribution in [0, 0.1) is 5.82 Å². The Morgan fingerprint density at radius 3 is 2.62 bits per heavy atom. The molecule has 0 bridgehead atoms. The van der Waals surface area contributed by atoms with Gasteiger partial charge in [-0.1, -0.05) is 39.3 Å². The highest BCUT2D eigenvalue weighted by Crippen LogP contribution is 2.40. The monoisotopic (exact) mass is 581 g/mol. The van der Waals surface area contributed by atoms with E-state index in [1.807, 2.05) is 20.8 Å². The number of hydrogen-bond acceptors (Lipinski definition) is 8. The molecule has 39 heavy (non-hydrogen) atoms. The fourth-order valence-electron chi connectivity index (χ4n) is 3.57. The largest absolute Gasteiger partial charge is 0.453 e. The molecule has 14 heteroatoms. The fraction of sp³-hybridized carbons (Fsp3) is 0.440. The summed E-state index contributed by atoms with van der Waals surface area (Å²) in [4.78, 5) is 28.2. The molecule has 2 heterocycles. The normalized spacial score (nSPS) is 12.6. The van der Waals surface area contributed by atoms with Crippen LogP contribution in [0.5, 0.6) is 0 Å². The van der Waals surface area contributed by atoms with Crippen LogP contribution in [0.1, 0.15) is 46.9 Å². The minimum atomic E-state index is -3.72. The van der Waals surface area contributed by atoms with Crippen LogP contribution in [-0.2, 0) is 20.2 Å². The molecule has 3 rings (SSSR count). The van der Waals surface area contributed by atoms with E-state index < -0.39 is 27.3 Å². The molecule has 0 fully saturated rings. The second kappa shape index (κ2) is 12.2. The lowest BCUT2D eigenvalue weighted by molar-refractivity contribution is 0.168. The van der Waals surface area contributed by atoms with Gasteiger partial charge in [-0.2, -0.15) is 0 Å². The average Bonchev–Trinajstić information content (AvgIpc) is 3.30. The van der Waals surface area contributed by atoms with Gasteiger partial charge in [-0.25, -0.2) is 32.6 Å². The standard InChI is InChI=1S/C25H33ClFN7O4S/c1-7-10-39(36,37)34-18-12-15(27)11-16(19(18)26)20-21(33-22(32-20)25(3,4)5)17-8-9-28-23(31-17)29-13-14(2)30-24(35)38-6/h8-9,11-12,14,34H,7,10,13H2,1-6H3,(H,30,35)(H,32,33)(H,28,29,31)/t14-/m0/s1. The lowest BCUT2D eigenvalue weighted by atomic mass is 9.96. The number of carbonyl (C=O) groups excluding carboxylic acids is 1. The summed E-state index contributed by atoms with van der Waals surface area (Å²) in [5.41, 5.74) is 0.876. The molecular formula is C25H33ClFN7O4S. The number of rotatable bonds is 10. The zero-order valence-corrected chi connectivity index (χ0v) is 24.2. The number of methoxy groups -OCH3 is 1. The topological polar surface area (TPSA) is 151 Å². The van der Waals surface area contributed by atoms with Crippen molar-refractivity contribution in [1.29, 1.82) is 0 Å². The quantitative estimate of drug-likeness (QED) is 0.263. The van der Waals surface area contributed by atoms with Crippen molar-refractivity contribution in [2.75, 3.05) is 29.4 Å². The first kappa shape index (κ1) is 30.1. The van der Waals surface area contributed by atoms with Crippen LogP contribution in [-0.4, -0.2) is 59.9 Å². The molecule has 0 unspecified atom stereocenters. The number of nitrogens with one attached hydrogen (secondary N) is 4. The van der Waals surface area contributed by atoms with Gasteiger partial charge in [0.1, 0.15) is 11.6 Å². The van der Waals surface area contributed by atoms with Crippen LogP contribution in [0.4, 0.5) is 20.8 Å². The van der Waals surface area contributed by atoms with Gasteiger partial charge in [0.05, 0.1) is 40.7 Å². The van der Waals surface area contributed by atoms with Gasteiger partial charge in [0, 0.05) is 29.8 Å². The maximum Gasteiger partial charge on any atom is 0.407 e. The fourth-order valence-corrected chi connectivity index (χ4v) is 5.01. The van der Waals surface area contributed by atoms with Gasteiger partial charge < -0.3 is 20.4 Å². The van der Waals surface area contributed by atoms with Gasteiger partial charge >= 0.3 is 6.09 Å². The van der Waals surface area contributed by atoms with Gasteiger partial charge in [-0.05, 0) is 31.5 Å². The summed E-state index contributed by atoms with van der Waals surface area (Å²) < 4.78 is 46.5. The zero-order valence-electron chi connectivity index (χ0n) is 22.6. The van der Waals surface area contributed by atoms with Gasteiger partial charge in [0.25, 0.3) is 0 Å². The number of alkyl carbamates (subject to hydrolysis) is 1. The Labute approximate surface area is 232 Å². The number of anilines is 2. The first-order valence-electron chi connectivity index (χ1n) is 12.3. The number of nitrogens with zero attached hydrogens (tertiary/aromatic N) is 3. The van der Waals surface area contributed by atoms with E-state index in [0.717, 1.165) is 6.07 Å². The molecule has 0 aliphatic carbocycles. The maximum absolute atomic E-state index is 14.8. The third-order valence-corrected chi connectivity index (χ3v) is 7.36. The number of amides is 1. The number of ether oxygens (including phenoxy) is 1. The highest BCUT2D eigenvalue weighted by molar-refractivity contribution is 7.92. The van der Waals surface area contributed by atoms with E-state index in [1.165, 1.54) is 13.2 Å². The molecule has 1 amide bonds. The Kier molecular flexibility index (Phi) is 9.38. The average molecular weight is 582 g/mol. The van der Waals surface area contributed by atoms with Crippen molar-refractivity contribution in [2.45, 2.75) is 52.5 Å². The Hall–Kier alpha value is -3.45. The van der Waals surface area contributed by atoms with Crippen LogP contribution in [0.2, 0.25) is 5.02 Å². The lowest BCUT2D eigenvalue weighted by Crippen LogP contribution is -2.37. The number of H-pyrrole nitrogens is 1. The third-order valence-electron chi connectivity index (χ3n) is 5.47. The highest BCUT2D eigenvalue weighted by Gasteiger charge is 2.26. The predicted molar refractivity (Wildman–Crippen MR) is 150 cm³/mol. The molecule has 1 aromatic carbocycles. The zero-order chi connectivity index (χ0) is 29.0. The molecule has 4 N–H and O–H groups in total. The van der Waals surface area contributed by atoms with Crippen molar-refractivity contribution < 1.29 is 22.3 Å². The maximum atomic E-state index is 14.8. The van der Waals surface area contributed by atoms with Crippen molar-refractivity contribution in [3.8, 4) is 22.6 Å². The van der Waals surface area contributed by atoms with Crippen molar-refractivity contribution in [3.63, 3.8) is 0 Å². The highest BCUT2D eigenvalue weighted by atomic mass is 35.5. The number of sulfonamides is 1. The molecule has 0 spiro atoms. The third kappa shape index (κ3) is 7.79. The Balaban J connectivity index is 2.06. The summed E-state index contributed by atoms with van der Waals surface area (Å²) in [5.74, 6) is 0.0424. The molecule has 212 valence electrons. The van der Waals surface area contributed by atoms with Crippen molar-refractivity contribution in [1.82, 2.24) is 25.3 Å². The first-order chi connectivity index (χ1) is 18.2. The van der Waals surface area contributed by atoms with E-state index in [9.17, 15) is 17.6 Å². The van der Waals surface area contributed by atoms with Gasteiger partial charge in [-0.15, -0.1) is 0 Å². The number of halogens is 2. The Morgan fingerprint density at radius 2 is 1.97 bits per heavy atom. The van der Waals surface area contributed by atoms with Crippen LogP contribution in [0.3, 0.4) is 0 Å². The van der Waals surface area contributed by atoms with E-state index in [-0.39, 0.29) is 34.0 Å². The van der Waals surface area contributed by atoms with E-state index in [1.54, 1.807) is 26.1 Å². The minimum Gasteiger partial charge on any atom is -0.453 e. The molecular weight excluding hydrogens is 549 g/mol. The second-order valence-corrected chi connectivity index (χ2v) is 12.2. The van der Waals surface area contributed by atoms with Crippen LogP contribution in [0.25, 0.3) is 22.6 Å². The molecule has 0 radical (unpaired) electrons. The number of imidazole rings is 1. The first-order valence-corrected chi connectivity index (χ1v) is 14.3. The number of carbonyl (C=O) groups is 1. The number of hydrogen-bond donors (Lipinski definition) is 4. The number of aromatic amines is 1. The molecule has 0 aliphatic rings. The summed E-state index contributed by atoms with van der Waals surface area (Å²) in [7, 11) is -2.44. The number of benzene rings is 1. The smallest absolute Gasteiger partial charge is 0.407 e. The Morgan fingerprint density at radius 1 is 1.26 bits per heavy atom. The van der Waals surface area contributed by atoms with Gasteiger partial charge in [-0.3, -0.25) is 4.72 Å². The molecule has 1 atom stereocenters.